The molecule has 0 heterocycles. The summed E-state index contributed by atoms with van der Waals surface area (Å²) in [7, 11) is 0. The molecule has 9 heavy (non-hydrogen) atoms. The van der Waals surface area contributed by atoms with Crippen LogP contribution in [0.25, 0.3) is 0 Å². The lowest BCUT2D eigenvalue weighted by molar-refractivity contribution is 0.268. The molecule has 1 aliphatic carbocycles. The molecule has 1 rings (SSSR count). The molecule has 0 aromatic carbocycles. The van der Waals surface area contributed by atoms with Crippen LogP contribution in [0.15, 0.2) is 0 Å². The van der Waals surface area contributed by atoms with Crippen LogP contribution in [0.1, 0.15) is 19.8 Å². The second-order valence-corrected chi connectivity index (χ2v) is 4.18. The fourth-order valence-electron chi connectivity index (χ4n) is 1.34. The van der Waals surface area contributed by atoms with Gasteiger partial charge < -0.3 is 5.11 Å². The Balaban J connectivity index is 2.17. The number of rotatable bonds is 3. The molecule has 0 aromatic heterocycles. The Bertz CT molecular complexity index is 94.9. The third kappa shape index (κ3) is 1.58. The summed E-state index contributed by atoms with van der Waals surface area (Å²) >= 11 is 2.44. The van der Waals surface area contributed by atoms with Crippen LogP contribution < -0.4 is 0 Å². The molecule has 0 unspecified atom stereocenters. The summed E-state index contributed by atoms with van der Waals surface area (Å²) in [6.45, 7) is 2.61. The maximum Gasteiger partial charge on any atom is 0.0472 e. The first kappa shape index (κ1) is 7.79. The molecule has 0 saturated heterocycles. The smallest absolute Gasteiger partial charge is 0.0472 e. The number of alkyl halides is 1. The molecule has 1 N–H and O–H groups in total. The summed E-state index contributed by atoms with van der Waals surface area (Å²) in [5.41, 5.74) is 0. The highest BCUT2D eigenvalue weighted by molar-refractivity contribution is 14.1. The van der Waals surface area contributed by atoms with Crippen molar-refractivity contribution in [1.82, 2.24) is 0 Å². The van der Waals surface area contributed by atoms with Gasteiger partial charge in [0.15, 0.2) is 0 Å². The highest BCUT2D eigenvalue weighted by Crippen LogP contribution is 2.48. The Morgan fingerprint density at radius 1 is 1.44 bits per heavy atom. The zero-order chi connectivity index (χ0) is 6.85. The van der Waals surface area contributed by atoms with Gasteiger partial charge in [-0.25, -0.2) is 0 Å². The van der Waals surface area contributed by atoms with E-state index in [2.05, 4.69) is 29.5 Å². The topological polar surface area (TPSA) is 20.2 Å². The molecule has 0 radical (unpaired) electrons. The molecule has 0 spiro atoms. The van der Waals surface area contributed by atoms with Gasteiger partial charge in [0.2, 0.25) is 0 Å². The Morgan fingerprint density at radius 3 is 2.44 bits per heavy atom. The number of aliphatic hydroxyl groups excluding tert-OH is 1. The second kappa shape index (κ2) is 3.19. The Hall–Kier alpha value is 0.690. The van der Waals surface area contributed by atoms with Gasteiger partial charge in [0, 0.05) is 10.5 Å². The highest BCUT2D eigenvalue weighted by Gasteiger charge is 2.46. The summed E-state index contributed by atoms with van der Waals surface area (Å²) in [6.07, 6.45) is 2.57. The van der Waals surface area contributed by atoms with Gasteiger partial charge in [0.05, 0.1) is 0 Å². The van der Waals surface area contributed by atoms with E-state index in [1.807, 2.05) is 0 Å². The van der Waals surface area contributed by atoms with Crippen LogP contribution in [0.3, 0.4) is 0 Å². The normalized spacial score (nSPS) is 41.0. The molecule has 0 aromatic rings. The van der Waals surface area contributed by atoms with Gasteiger partial charge in [-0.2, -0.15) is 0 Å². The van der Waals surface area contributed by atoms with Crippen LogP contribution in [-0.4, -0.2) is 15.6 Å². The van der Waals surface area contributed by atoms with Crippen molar-refractivity contribution < 1.29 is 5.11 Å². The molecule has 2 heteroatoms. The first-order valence-corrected chi connectivity index (χ1v) is 4.80. The second-order valence-electron chi connectivity index (χ2n) is 2.74. The largest absolute Gasteiger partial charge is 0.396 e. The van der Waals surface area contributed by atoms with E-state index in [9.17, 15) is 0 Å². The SMILES string of the molecule is CCC[C@H]1[C@@H](I)[C@@H]1CO. The van der Waals surface area contributed by atoms with Crippen LogP contribution >= 0.6 is 22.6 Å². The Morgan fingerprint density at radius 2 is 2.11 bits per heavy atom. The summed E-state index contributed by atoms with van der Waals surface area (Å²) in [4.78, 5) is 0. The molecular weight excluding hydrogens is 227 g/mol. The average Bonchev–Trinajstić information content (AvgIpc) is 2.44. The molecule has 1 fully saturated rings. The van der Waals surface area contributed by atoms with Crippen molar-refractivity contribution in [2.24, 2.45) is 11.8 Å². The first-order valence-electron chi connectivity index (χ1n) is 3.56. The Labute approximate surface area is 70.0 Å². The van der Waals surface area contributed by atoms with Crippen molar-refractivity contribution >= 4 is 22.6 Å². The van der Waals surface area contributed by atoms with Crippen LogP contribution in [0.2, 0.25) is 0 Å². The van der Waals surface area contributed by atoms with Gasteiger partial charge in [-0.1, -0.05) is 35.9 Å². The van der Waals surface area contributed by atoms with Crippen LogP contribution in [-0.2, 0) is 0 Å². The van der Waals surface area contributed by atoms with E-state index < -0.39 is 0 Å². The van der Waals surface area contributed by atoms with Crippen molar-refractivity contribution in [2.45, 2.75) is 23.7 Å². The number of aliphatic hydroxyl groups is 1. The van der Waals surface area contributed by atoms with Gasteiger partial charge in [-0.15, -0.1) is 0 Å². The van der Waals surface area contributed by atoms with E-state index in [4.69, 9.17) is 5.11 Å². The monoisotopic (exact) mass is 240 g/mol. The molecule has 1 saturated carbocycles. The van der Waals surface area contributed by atoms with Crippen molar-refractivity contribution in [3.8, 4) is 0 Å². The minimum atomic E-state index is 0.401. The average molecular weight is 240 g/mol. The van der Waals surface area contributed by atoms with Gasteiger partial charge in [-0.05, 0) is 18.3 Å². The van der Waals surface area contributed by atoms with Gasteiger partial charge in [-0.3, -0.25) is 0 Å². The molecule has 0 bridgehead atoms. The van der Waals surface area contributed by atoms with E-state index >= 15 is 0 Å². The lowest BCUT2D eigenvalue weighted by Gasteiger charge is -1.89. The van der Waals surface area contributed by atoms with Gasteiger partial charge >= 0.3 is 0 Å². The number of halogens is 1. The lowest BCUT2D eigenvalue weighted by atomic mass is 10.2. The molecule has 0 aliphatic heterocycles. The molecule has 3 atom stereocenters. The fourth-order valence-corrected chi connectivity index (χ4v) is 2.75. The van der Waals surface area contributed by atoms with E-state index in [1.54, 1.807) is 0 Å². The maximum atomic E-state index is 8.77. The quantitative estimate of drug-likeness (QED) is 0.589. The minimum Gasteiger partial charge on any atom is -0.396 e. The maximum absolute atomic E-state index is 8.77. The lowest BCUT2D eigenvalue weighted by Crippen LogP contribution is -1.87. The molecule has 0 amide bonds. The first-order chi connectivity index (χ1) is 4.31. The van der Waals surface area contributed by atoms with Crippen LogP contribution in [0.4, 0.5) is 0 Å². The third-order valence-electron chi connectivity index (χ3n) is 2.06. The number of hydrogen-bond acceptors (Lipinski definition) is 1. The van der Waals surface area contributed by atoms with Crippen molar-refractivity contribution in [1.29, 1.82) is 0 Å². The highest BCUT2D eigenvalue weighted by atomic mass is 127. The molecular formula is C7H13IO. The summed E-state index contributed by atoms with van der Waals surface area (Å²) in [5, 5.41) is 8.77. The number of hydrogen-bond donors (Lipinski definition) is 1. The third-order valence-corrected chi connectivity index (χ3v) is 3.91. The fraction of sp³-hybridized carbons (Fsp3) is 1.00. The van der Waals surface area contributed by atoms with Crippen molar-refractivity contribution in [3.05, 3.63) is 0 Å². The molecule has 54 valence electrons. The zero-order valence-electron chi connectivity index (χ0n) is 5.68. The molecule has 1 aliphatic rings. The zero-order valence-corrected chi connectivity index (χ0v) is 7.84. The predicted octanol–water partition coefficient (Wildman–Crippen LogP) is 1.83. The van der Waals surface area contributed by atoms with Gasteiger partial charge in [0.25, 0.3) is 0 Å². The van der Waals surface area contributed by atoms with E-state index in [0.717, 1.165) is 9.84 Å². The summed E-state index contributed by atoms with van der Waals surface area (Å²) < 4.78 is 0.771. The van der Waals surface area contributed by atoms with Crippen LogP contribution in [0, 0.1) is 11.8 Å². The van der Waals surface area contributed by atoms with E-state index in [1.165, 1.54) is 12.8 Å². The van der Waals surface area contributed by atoms with Crippen LogP contribution in [0.5, 0.6) is 0 Å². The van der Waals surface area contributed by atoms with Crippen molar-refractivity contribution in [3.63, 3.8) is 0 Å². The standard InChI is InChI=1S/C7H13IO/c1-2-3-5-6(4-9)7(5)8/h5-7,9H,2-4H2,1H3/t5-,6-,7-/m1/s1. The summed E-state index contributed by atoms with van der Waals surface area (Å²) in [5.74, 6) is 1.46. The predicted molar refractivity (Wildman–Crippen MR) is 46.8 cm³/mol. The minimum absolute atomic E-state index is 0.401. The molecule has 1 nitrogen and oxygen atoms in total. The Kier molecular flexibility index (Phi) is 2.76. The van der Waals surface area contributed by atoms with E-state index in [-0.39, 0.29) is 0 Å². The summed E-state index contributed by atoms with van der Waals surface area (Å²) in [6, 6.07) is 0. The van der Waals surface area contributed by atoms with Crippen molar-refractivity contribution in [2.75, 3.05) is 6.61 Å². The van der Waals surface area contributed by atoms with Gasteiger partial charge in [0.1, 0.15) is 0 Å². The van der Waals surface area contributed by atoms with E-state index in [0.29, 0.717) is 12.5 Å².